The smallest absolute Gasteiger partial charge is 0.351 e. The molecule has 1 aliphatic heterocycles. The predicted octanol–water partition coefficient (Wildman–Crippen LogP) is 2.92. The molecule has 0 radical (unpaired) electrons. The zero-order valence-corrected chi connectivity index (χ0v) is 15.4. The molecular formula is C17H16ClF4N5O. The molecule has 0 bridgehead atoms. The van der Waals surface area contributed by atoms with E-state index in [2.05, 4.69) is 25.6 Å². The van der Waals surface area contributed by atoms with E-state index < -0.39 is 30.3 Å². The van der Waals surface area contributed by atoms with Crippen LogP contribution in [0, 0.1) is 0 Å². The molecule has 0 saturated carbocycles. The fraction of sp³-hybridized carbons (Fsp3) is 0.412. The molecular weight excluding hydrogens is 402 g/mol. The molecule has 2 aromatic rings. The molecule has 1 aliphatic rings. The van der Waals surface area contributed by atoms with E-state index in [9.17, 15) is 22.4 Å². The number of hydrogen-bond donors (Lipinski definition) is 2. The lowest BCUT2D eigenvalue weighted by Crippen LogP contribution is -2.42. The number of hydrogen-bond acceptors (Lipinski definition) is 5. The first-order chi connectivity index (χ1) is 13.1. The van der Waals surface area contributed by atoms with Gasteiger partial charge in [0.05, 0.1) is 16.8 Å². The molecule has 6 nitrogen and oxygen atoms in total. The standard InChI is InChI=1S/C17H16ClF4N5O/c1-8-12(19)3-14(27-8)15(28)24-4-9-2-13(23-7-11(9)18)10-5-25-16(26-6-10)17(20,21)22/h2,5-8,12,14,27H,3-4H2,1H3,(H,24,28)/t8-,12+,14-/m0/s1. The van der Waals surface area contributed by atoms with Crippen molar-refractivity contribution < 1.29 is 22.4 Å². The van der Waals surface area contributed by atoms with Crippen LogP contribution in [-0.2, 0) is 17.5 Å². The summed E-state index contributed by atoms with van der Waals surface area (Å²) in [4.78, 5) is 22.8. The summed E-state index contributed by atoms with van der Waals surface area (Å²) in [6.07, 6.45) is -2.29. The predicted molar refractivity (Wildman–Crippen MR) is 93.0 cm³/mol. The van der Waals surface area contributed by atoms with Crippen molar-refractivity contribution >= 4 is 17.5 Å². The Balaban J connectivity index is 1.70. The maximum Gasteiger partial charge on any atom is 0.451 e. The number of pyridine rings is 1. The monoisotopic (exact) mass is 417 g/mol. The van der Waals surface area contributed by atoms with Crippen LogP contribution in [0.4, 0.5) is 17.6 Å². The largest absolute Gasteiger partial charge is 0.451 e. The third kappa shape index (κ3) is 4.56. The van der Waals surface area contributed by atoms with Gasteiger partial charge in [-0.1, -0.05) is 11.6 Å². The molecule has 0 aromatic carbocycles. The first-order valence-corrected chi connectivity index (χ1v) is 8.75. The van der Waals surface area contributed by atoms with Crippen molar-refractivity contribution in [3.05, 3.63) is 41.1 Å². The van der Waals surface area contributed by atoms with Gasteiger partial charge >= 0.3 is 6.18 Å². The Morgan fingerprint density at radius 1 is 1.29 bits per heavy atom. The van der Waals surface area contributed by atoms with Gasteiger partial charge in [0.25, 0.3) is 0 Å². The zero-order valence-electron chi connectivity index (χ0n) is 14.6. The van der Waals surface area contributed by atoms with E-state index in [1.807, 2.05) is 0 Å². The molecule has 0 aliphatic carbocycles. The fourth-order valence-corrected chi connectivity index (χ4v) is 2.96. The summed E-state index contributed by atoms with van der Waals surface area (Å²) in [6, 6.07) is 0.497. The third-order valence-electron chi connectivity index (χ3n) is 4.37. The Hall–Kier alpha value is -2.33. The van der Waals surface area contributed by atoms with Gasteiger partial charge in [-0.2, -0.15) is 13.2 Å². The van der Waals surface area contributed by atoms with Gasteiger partial charge in [-0.25, -0.2) is 14.4 Å². The summed E-state index contributed by atoms with van der Waals surface area (Å²) < 4.78 is 51.2. The van der Waals surface area contributed by atoms with Gasteiger partial charge in [0, 0.05) is 43.2 Å². The quantitative estimate of drug-likeness (QED) is 0.748. The summed E-state index contributed by atoms with van der Waals surface area (Å²) in [5.41, 5.74) is 1.07. The first-order valence-electron chi connectivity index (χ1n) is 8.37. The van der Waals surface area contributed by atoms with E-state index in [1.54, 1.807) is 6.92 Å². The second kappa shape index (κ2) is 7.96. The molecule has 3 rings (SSSR count). The molecule has 1 fully saturated rings. The maximum atomic E-state index is 13.5. The van der Waals surface area contributed by atoms with E-state index in [-0.39, 0.29) is 29.5 Å². The molecule has 3 heterocycles. The Kier molecular flexibility index (Phi) is 5.80. The highest BCUT2D eigenvalue weighted by Gasteiger charge is 2.35. The molecule has 3 atom stereocenters. The van der Waals surface area contributed by atoms with Crippen LogP contribution in [-0.4, -0.2) is 39.1 Å². The Morgan fingerprint density at radius 3 is 2.54 bits per heavy atom. The summed E-state index contributed by atoms with van der Waals surface area (Å²) in [7, 11) is 0. The van der Waals surface area contributed by atoms with Crippen LogP contribution in [0.2, 0.25) is 5.02 Å². The fourth-order valence-electron chi connectivity index (χ4n) is 2.79. The van der Waals surface area contributed by atoms with Crippen molar-refractivity contribution in [2.45, 2.75) is 44.3 Å². The molecule has 150 valence electrons. The van der Waals surface area contributed by atoms with Crippen LogP contribution in [0.3, 0.4) is 0 Å². The molecule has 2 N–H and O–H groups in total. The molecule has 0 spiro atoms. The van der Waals surface area contributed by atoms with Crippen molar-refractivity contribution in [2.75, 3.05) is 0 Å². The van der Waals surface area contributed by atoms with Gasteiger partial charge < -0.3 is 10.6 Å². The molecule has 2 aromatic heterocycles. The normalized spacial score (nSPS) is 22.3. The first kappa shape index (κ1) is 20.4. The summed E-state index contributed by atoms with van der Waals surface area (Å²) in [5.74, 6) is -1.61. The third-order valence-corrected chi connectivity index (χ3v) is 4.71. The van der Waals surface area contributed by atoms with E-state index in [1.165, 1.54) is 12.3 Å². The lowest BCUT2D eigenvalue weighted by atomic mass is 10.1. The highest BCUT2D eigenvalue weighted by atomic mass is 35.5. The minimum Gasteiger partial charge on any atom is -0.351 e. The molecule has 0 unspecified atom stereocenters. The minimum absolute atomic E-state index is 0.0538. The number of amides is 1. The van der Waals surface area contributed by atoms with E-state index >= 15 is 0 Å². The lowest BCUT2D eigenvalue weighted by molar-refractivity contribution is -0.145. The van der Waals surface area contributed by atoms with Gasteiger partial charge in [-0.3, -0.25) is 9.78 Å². The van der Waals surface area contributed by atoms with Crippen molar-refractivity contribution in [3.63, 3.8) is 0 Å². The Labute approximate surface area is 162 Å². The Morgan fingerprint density at radius 2 is 1.96 bits per heavy atom. The average Bonchev–Trinajstić information content (AvgIpc) is 2.99. The van der Waals surface area contributed by atoms with Crippen molar-refractivity contribution in [1.82, 2.24) is 25.6 Å². The summed E-state index contributed by atoms with van der Waals surface area (Å²) in [6.45, 7) is 1.72. The van der Waals surface area contributed by atoms with Crippen LogP contribution < -0.4 is 10.6 Å². The maximum absolute atomic E-state index is 13.5. The number of alkyl halides is 4. The number of aromatic nitrogens is 3. The van der Waals surface area contributed by atoms with Gasteiger partial charge in [0.15, 0.2) is 0 Å². The minimum atomic E-state index is -4.63. The number of nitrogens with one attached hydrogen (secondary N) is 2. The second-order valence-electron chi connectivity index (χ2n) is 6.43. The summed E-state index contributed by atoms with van der Waals surface area (Å²) >= 11 is 6.09. The topological polar surface area (TPSA) is 79.8 Å². The van der Waals surface area contributed by atoms with Gasteiger partial charge in [0.1, 0.15) is 6.17 Å². The molecule has 1 amide bonds. The van der Waals surface area contributed by atoms with Crippen molar-refractivity contribution in [3.8, 4) is 11.3 Å². The number of carbonyl (C=O) groups is 1. The van der Waals surface area contributed by atoms with Gasteiger partial charge in [-0.05, 0) is 18.6 Å². The van der Waals surface area contributed by atoms with Crippen LogP contribution in [0.25, 0.3) is 11.3 Å². The van der Waals surface area contributed by atoms with Crippen LogP contribution in [0.15, 0.2) is 24.7 Å². The second-order valence-corrected chi connectivity index (χ2v) is 6.84. The van der Waals surface area contributed by atoms with Crippen molar-refractivity contribution in [1.29, 1.82) is 0 Å². The number of carbonyl (C=O) groups excluding carboxylic acids is 1. The highest BCUT2D eigenvalue weighted by molar-refractivity contribution is 6.31. The molecule has 28 heavy (non-hydrogen) atoms. The zero-order chi connectivity index (χ0) is 20.5. The van der Waals surface area contributed by atoms with Crippen LogP contribution in [0.1, 0.15) is 24.7 Å². The van der Waals surface area contributed by atoms with E-state index in [4.69, 9.17) is 11.6 Å². The number of rotatable bonds is 4. The SMILES string of the molecule is C[C@@H]1N[C@H](C(=O)NCc2cc(-c3cnc(C(F)(F)F)nc3)ncc2Cl)C[C@H]1F. The lowest BCUT2D eigenvalue weighted by Gasteiger charge is -2.13. The van der Waals surface area contributed by atoms with Gasteiger partial charge in [0.2, 0.25) is 11.7 Å². The van der Waals surface area contributed by atoms with Crippen LogP contribution in [0.5, 0.6) is 0 Å². The van der Waals surface area contributed by atoms with E-state index in [0.29, 0.717) is 11.3 Å². The molecule has 11 heteroatoms. The highest BCUT2D eigenvalue weighted by Crippen LogP contribution is 2.27. The Bertz CT molecular complexity index is 852. The number of nitrogens with zero attached hydrogens (tertiary/aromatic N) is 3. The van der Waals surface area contributed by atoms with Crippen LogP contribution >= 0.6 is 11.6 Å². The average molecular weight is 418 g/mol. The van der Waals surface area contributed by atoms with Gasteiger partial charge in [-0.15, -0.1) is 0 Å². The van der Waals surface area contributed by atoms with Crippen molar-refractivity contribution in [2.24, 2.45) is 0 Å². The van der Waals surface area contributed by atoms with E-state index in [0.717, 1.165) is 12.4 Å². The molecule has 1 saturated heterocycles. The summed E-state index contributed by atoms with van der Waals surface area (Å²) in [5, 5.41) is 5.81. The number of halogens is 5.